The van der Waals surface area contributed by atoms with Crippen molar-refractivity contribution in [1.29, 1.82) is 0 Å². The van der Waals surface area contributed by atoms with Crippen LogP contribution in [-0.2, 0) is 15.8 Å². The van der Waals surface area contributed by atoms with Crippen molar-refractivity contribution >= 4 is 15.7 Å². The van der Waals surface area contributed by atoms with Crippen LogP contribution in [0.3, 0.4) is 0 Å². The molecule has 7 nitrogen and oxygen atoms in total. The topological polar surface area (TPSA) is 98.2 Å². The van der Waals surface area contributed by atoms with Crippen molar-refractivity contribution in [3.8, 4) is 11.6 Å². The minimum absolute atomic E-state index is 0.122. The lowest BCUT2D eigenvalue weighted by Crippen LogP contribution is -2.36. The number of nitrogens with one attached hydrogen (secondary N) is 1. The SMILES string of the molecule is CC(F)(F)c1ncc(C(=O)N[C@H](/C=C/S(=O)(=O)C2CC2)C2CC2)nc1Oc1ccccc1. The second-order valence-electron chi connectivity index (χ2n) is 8.17. The van der Waals surface area contributed by atoms with Gasteiger partial charge in [-0.25, -0.2) is 18.4 Å². The van der Waals surface area contributed by atoms with E-state index in [-0.39, 0.29) is 22.6 Å². The minimum atomic E-state index is -3.33. The maximum atomic E-state index is 14.0. The zero-order valence-electron chi connectivity index (χ0n) is 17.4. The molecule has 32 heavy (non-hydrogen) atoms. The number of sulfone groups is 1. The maximum Gasteiger partial charge on any atom is 0.292 e. The molecule has 1 N–H and O–H groups in total. The highest BCUT2D eigenvalue weighted by atomic mass is 32.2. The highest BCUT2D eigenvalue weighted by molar-refractivity contribution is 7.95. The fourth-order valence-corrected chi connectivity index (χ4v) is 4.56. The van der Waals surface area contributed by atoms with E-state index in [0.717, 1.165) is 19.0 Å². The Morgan fingerprint density at radius 3 is 2.50 bits per heavy atom. The van der Waals surface area contributed by atoms with Gasteiger partial charge < -0.3 is 10.1 Å². The van der Waals surface area contributed by atoms with Crippen LogP contribution >= 0.6 is 0 Å². The second kappa shape index (κ2) is 8.57. The molecule has 2 aliphatic carbocycles. The molecule has 0 spiro atoms. The summed E-state index contributed by atoms with van der Waals surface area (Å²) in [6.07, 6.45) is 5.48. The van der Waals surface area contributed by atoms with Gasteiger partial charge in [-0.3, -0.25) is 4.79 Å². The fraction of sp³-hybridized carbons (Fsp3) is 0.409. The Labute approximate surface area is 184 Å². The Morgan fingerprint density at radius 1 is 1.22 bits per heavy atom. The summed E-state index contributed by atoms with van der Waals surface area (Å²) < 4.78 is 57.8. The van der Waals surface area contributed by atoms with Crippen LogP contribution in [0.4, 0.5) is 8.78 Å². The summed E-state index contributed by atoms with van der Waals surface area (Å²) in [5, 5.41) is 3.58. The predicted molar refractivity (Wildman–Crippen MR) is 113 cm³/mol. The molecule has 1 aromatic carbocycles. The van der Waals surface area contributed by atoms with Gasteiger partial charge in [0.25, 0.3) is 11.8 Å². The molecule has 170 valence electrons. The van der Waals surface area contributed by atoms with Crippen LogP contribution in [0.15, 0.2) is 48.0 Å². The first-order valence-electron chi connectivity index (χ1n) is 10.3. The number of hydrogen-bond donors (Lipinski definition) is 1. The van der Waals surface area contributed by atoms with E-state index in [0.29, 0.717) is 19.8 Å². The van der Waals surface area contributed by atoms with E-state index >= 15 is 0 Å². The van der Waals surface area contributed by atoms with Crippen molar-refractivity contribution in [2.45, 2.75) is 49.8 Å². The van der Waals surface area contributed by atoms with E-state index in [1.807, 2.05) is 0 Å². The number of hydrogen-bond acceptors (Lipinski definition) is 6. The highest BCUT2D eigenvalue weighted by Crippen LogP contribution is 2.36. The third-order valence-corrected chi connectivity index (χ3v) is 7.18. The number of ether oxygens (including phenoxy) is 1. The van der Waals surface area contributed by atoms with Gasteiger partial charge in [0.05, 0.1) is 17.5 Å². The Hall–Kier alpha value is -2.88. The van der Waals surface area contributed by atoms with E-state index in [1.165, 1.54) is 11.5 Å². The summed E-state index contributed by atoms with van der Waals surface area (Å²) in [7, 11) is -3.31. The van der Waals surface area contributed by atoms with Crippen molar-refractivity contribution < 1.29 is 26.7 Å². The summed E-state index contributed by atoms with van der Waals surface area (Å²) >= 11 is 0. The number of para-hydroxylation sites is 1. The summed E-state index contributed by atoms with van der Waals surface area (Å²) in [4.78, 5) is 20.5. The minimum Gasteiger partial charge on any atom is -0.437 e. The van der Waals surface area contributed by atoms with Crippen LogP contribution < -0.4 is 10.1 Å². The van der Waals surface area contributed by atoms with Gasteiger partial charge in [-0.05, 0) is 43.7 Å². The summed E-state index contributed by atoms with van der Waals surface area (Å²) in [6, 6.07) is 7.73. The zero-order chi connectivity index (χ0) is 22.9. The Bertz CT molecular complexity index is 1130. The van der Waals surface area contributed by atoms with Crippen LogP contribution in [0.1, 0.15) is 48.8 Å². The van der Waals surface area contributed by atoms with Crippen molar-refractivity contribution in [3.63, 3.8) is 0 Å². The maximum absolute atomic E-state index is 14.0. The Balaban J connectivity index is 1.55. The third-order valence-electron chi connectivity index (χ3n) is 5.24. The lowest BCUT2D eigenvalue weighted by Gasteiger charge is -2.17. The summed E-state index contributed by atoms with van der Waals surface area (Å²) in [5.41, 5.74) is -0.889. The number of nitrogens with zero attached hydrogens (tertiary/aromatic N) is 2. The first kappa shape index (κ1) is 22.3. The van der Waals surface area contributed by atoms with Crippen molar-refractivity contribution in [1.82, 2.24) is 15.3 Å². The number of rotatable bonds is 9. The normalized spacial score (nSPS) is 17.8. The first-order chi connectivity index (χ1) is 15.1. The molecular weight excluding hydrogens is 440 g/mol. The molecule has 0 bridgehead atoms. The van der Waals surface area contributed by atoms with Gasteiger partial charge in [0.2, 0.25) is 5.88 Å². The molecule has 1 atom stereocenters. The largest absolute Gasteiger partial charge is 0.437 e. The smallest absolute Gasteiger partial charge is 0.292 e. The number of carbonyl (C=O) groups is 1. The molecule has 2 saturated carbocycles. The third kappa shape index (κ3) is 5.48. The van der Waals surface area contributed by atoms with Crippen LogP contribution in [0.2, 0.25) is 0 Å². The fourth-order valence-electron chi connectivity index (χ4n) is 3.16. The Morgan fingerprint density at radius 2 is 1.91 bits per heavy atom. The molecule has 1 amide bonds. The Kier molecular flexibility index (Phi) is 5.98. The number of benzene rings is 1. The zero-order valence-corrected chi connectivity index (χ0v) is 18.2. The van der Waals surface area contributed by atoms with E-state index in [1.54, 1.807) is 30.3 Å². The molecule has 2 aliphatic rings. The molecular formula is C22H23F2N3O4S. The van der Waals surface area contributed by atoms with Crippen molar-refractivity contribution in [2.75, 3.05) is 0 Å². The average molecular weight is 464 g/mol. The summed E-state index contributed by atoms with van der Waals surface area (Å²) in [6.45, 7) is 0.669. The molecule has 0 unspecified atom stereocenters. The van der Waals surface area contributed by atoms with Crippen molar-refractivity contribution in [3.05, 3.63) is 59.4 Å². The molecule has 1 aromatic heterocycles. The van der Waals surface area contributed by atoms with E-state index in [4.69, 9.17) is 4.74 Å². The first-order valence-corrected chi connectivity index (χ1v) is 12.0. The monoisotopic (exact) mass is 463 g/mol. The van der Waals surface area contributed by atoms with Crippen LogP contribution in [0.5, 0.6) is 11.6 Å². The average Bonchev–Trinajstić information content (AvgIpc) is 3.63. The number of aromatic nitrogens is 2. The highest BCUT2D eigenvalue weighted by Gasteiger charge is 2.36. The van der Waals surface area contributed by atoms with Crippen LogP contribution in [-0.4, -0.2) is 35.6 Å². The van der Waals surface area contributed by atoms with Gasteiger partial charge in [0.1, 0.15) is 5.75 Å². The molecule has 1 heterocycles. The molecule has 0 radical (unpaired) electrons. The van der Waals surface area contributed by atoms with E-state index in [2.05, 4.69) is 15.3 Å². The van der Waals surface area contributed by atoms with Gasteiger partial charge in [-0.1, -0.05) is 24.3 Å². The molecule has 10 heteroatoms. The van der Waals surface area contributed by atoms with Crippen LogP contribution in [0, 0.1) is 5.92 Å². The lowest BCUT2D eigenvalue weighted by atomic mass is 10.2. The van der Waals surface area contributed by atoms with Gasteiger partial charge in [-0.2, -0.15) is 8.78 Å². The van der Waals surface area contributed by atoms with Gasteiger partial charge >= 0.3 is 0 Å². The number of amides is 1. The number of halogens is 2. The molecule has 0 saturated heterocycles. The molecule has 2 fully saturated rings. The van der Waals surface area contributed by atoms with Gasteiger partial charge in [0.15, 0.2) is 21.2 Å². The van der Waals surface area contributed by atoms with Crippen molar-refractivity contribution in [2.24, 2.45) is 5.92 Å². The second-order valence-corrected chi connectivity index (χ2v) is 10.3. The predicted octanol–water partition coefficient (Wildman–Crippen LogP) is 3.98. The van der Waals surface area contributed by atoms with E-state index in [9.17, 15) is 22.0 Å². The van der Waals surface area contributed by atoms with E-state index < -0.39 is 39.3 Å². The molecule has 4 rings (SSSR count). The quantitative estimate of drug-likeness (QED) is 0.604. The lowest BCUT2D eigenvalue weighted by molar-refractivity contribution is 0.00992. The standard InChI is InChI=1S/C22H23F2N3O4S/c1-22(23,24)19-21(31-15-5-3-2-4-6-15)27-18(13-25-19)20(28)26-17(14-7-8-14)11-12-32(29,30)16-9-10-16/h2-6,11-14,16-17H,7-10H2,1H3,(H,26,28)/b12-11+/t17-/m1/s1. The molecule has 2 aromatic rings. The number of alkyl halides is 2. The number of carbonyl (C=O) groups excluding carboxylic acids is 1. The van der Waals surface area contributed by atoms with Gasteiger partial charge in [-0.15, -0.1) is 0 Å². The summed E-state index contributed by atoms with van der Waals surface area (Å²) in [5.74, 6) is -4.05. The van der Waals surface area contributed by atoms with Crippen LogP contribution in [0.25, 0.3) is 0 Å². The van der Waals surface area contributed by atoms with Gasteiger partial charge in [0, 0.05) is 12.3 Å². The molecule has 0 aliphatic heterocycles.